The van der Waals surface area contributed by atoms with Crippen molar-refractivity contribution in [2.24, 2.45) is 11.3 Å². The highest BCUT2D eigenvalue weighted by Gasteiger charge is 2.41. The zero-order valence-electron chi connectivity index (χ0n) is 12.2. The first-order chi connectivity index (χ1) is 9.55. The smallest absolute Gasteiger partial charge is 0.159 e. The third kappa shape index (κ3) is 4.00. The van der Waals surface area contributed by atoms with Gasteiger partial charge in [0.2, 0.25) is 0 Å². The molecule has 112 valence electrons. The van der Waals surface area contributed by atoms with E-state index < -0.39 is 11.6 Å². The van der Waals surface area contributed by atoms with E-state index in [0.29, 0.717) is 12.5 Å². The van der Waals surface area contributed by atoms with E-state index in [4.69, 9.17) is 4.74 Å². The third-order valence-corrected chi connectivity index (χ3v) is 4.17. The highest BCUT2D eigenvalue weighted by atomic mass is 19.2. The molecule has 0 saturated heterocycles. The molecule has 0 aromatic heterocycles. The van der Waals surface area contributed by atoms with Gasteiger partial charge in [0.15, 0.2) is 11.6 Å². The standard InChI is InChI=1S/C16H23F2NO/c1-16(13-4-5-13,11-19-7-8-20-2)10-12-3-6-14(17)15(18)9-12/h3,6,9,13,19H,4-5,7-8,10-11H2,1-2H3. The van der Waals surface area contributed by atoms with Crippen LogP contribution in [0.2, 0.25) is 0 Å². The fraction of sp³-hybridized carbons (Fsp3) is 0.625. The number of rotatable bonds is 8. The van der Waals surface area contributed by atoms with Gasteiger partial charge in [-0.3, -0.25) is 0 Å². The molecule has 2 nitrogen and oxygen atoms in total. The highest BCUT2D eigenvalue weighted by molar-refractivity contribution is 5.20. The summed E-state index contributed by atoms with van der Waals surface area (Å²) in [5.74, 6) is -0.862. The highest BCUT2D eigenvalue weighted by Crippen LogP contribution is 2.47. The lowest BCUT2D eigenvalue weighted by molar-refractivity contribution is 0.187. The molecule has 20 heavy (non-hydrogen) atoms. The van der Waals surface area contributed by atoms with E-state index in [9.17, 15) is 8.78 Å². The summed E-state index contributed by atoms with van der Waals surface area (Å²) in [6.07, 6.45) is 3.23. The number of benzene rings is 1. The van der Waals surface area contributed by atoms with Crippen molar-refractivity contribution in [2.45, 2.75) is 26.2 Å². The maximum atomic E-state index is 13.3. The lowest BCUT2D eigenvalue weighted by atomic mass is 9.79. The number of hydrogen-bond acceptors (Lipinski definition) is 2. The molecule has 1 aliphatic rings. The largest absolute Gasteiger partial charge is 0.383 e. The van der Waals surface area contributed by atoms with E-state index >= 15 is 0 Å². The summed E-state index contributed by atoms with van der Waals surface area (Å²) in [7, 11) is 1.68. The molecule has 0 heterocycles. The first-order valence-corrected chi connectivity index (χ1v) is 7.19. The van der Waals surface area contributed by atoms with E-state index in [1.807, 2.05) is 0 Å². The van der Waals surface area contributed by atoms with E-state index in [0.717, 1.165) is 25.1 Å². The van der Waals surface area contributed by atoms with Crippen LogP contribution in [0.3, 0.4) is 0 Å². The van der Waals surface area contributed by atoms with Crippen LogP contribution in [0.15, 0.2) is 18.2 Å². The van der Waals surface area contributed by atoms with Crippen molar-refractivity contribution >= 4 is 0 Å². The molecule has 1 N–H and O–H groups in total. The summed E-state index contributed by atoms with van der Waals surface area (Å²) < 4.78 is 31.3. The van der Waals surface area contributed by atoms with Crippen molar-refractivity contribution in [1.82, 2.24) is 5.32 Å². The van der Waals surface area contributed by atoms with Gasteiger partial charge in [-0.2, -0.15) is 0 Å². The molecule has 2 rings (SSSR count). The molecule has 4 heteroatoms. The average molecular weight is 283 g/mol. The predicted octanol–water partition coefficient (Wildman–Crippen LogP) is 3.16. The van der Waals surface area contributed by atoms with Gasteiger partial charge in [0, 0.05) is 20.2 Å². The maximum absolute atomic E-state index is 13.3. The van der Waals surface area contributed by atoms with Crippen molar-refractivity contribution in [3.8, 4) is 0 Å². The van der Waals surface area contributed by atoms with Crippen LogP contribution in [-0.4, -0.2) is 26.8 Å². The number of hydrogen-bond donors (Lipinski definition) is 1. The second-order valence-electron chi connectivity index (χ2n) is 6.02. The van der Waals surface area contributed by atoms with Gasteiger partial charge in [0.05, 0.1) is 6.61 Å². The summed E-state index contributed by atoms with van der Waals surface area (Å²) in [5, 5.41) is 3.40. The van der Waals surface area contributed by atoms with Gasteiger partial charge >= 0.3 is 0 Å². The second-order valence-corrected chi connectivity index (χ2v) is 6.02. The SMILES string of the molecule is COCCNCC(C)(Cc1ccc(F)c(F)c1)C1CC1. The van der Waals surface area contributed by atoms with Crippen LogP contribution < -0.4 is 5.32 Å². The molecule has 1 aromatic rings. The van der Waals surface area contributed by atoms with Gasteiger partial charge in [-0.25, -0.2) is 8.78 Å². The monoisotopic (exact) mass is 283 g/mol. The summed E-state index contributed by atoms with van der Waals surface area (Å²) in [6, 6.07) is 4.23. The molecule has 1 fully saturated rings. The first-order valence-electron chi connectivity index (χ1n) is 7.19. The zero-order valence-corrected chi connectivity index (χ0v) is 12.2. The van der Waals surface area contributed by atoms with Gasteiger partial charge < -0.3 is 10.1 Å². The minimum Gasteiger partial charge on any atom is -0.383 e. The van der Waals surface area contributed by atoms with Crippen LogP contribution in [0.1, 0.15) is 25.3 Å². The Kier molecular flexibility index (Phi) is 5.11. The molecule has 0 amide bonds. The summed E-state index contributed by atoms with van der Waals surface area (Å²) >= 11 is 0. The van der Waals surface area contributed by atoms with E-state index in [2.05, 4.69) is 12.2 Å². The van der Waals surface area contributed by atoms with Gasteiger partial charge in [-0.1, -0.05) is 13.0 Å². The molecule has 1 aliphatic carbocycles. The molecule has 1 saturated carbocycles. The van der Waals surface area contributed by atoms with Crippen LogP contribution in [0.4, 0.5) is 8.78 Å². The number of nitrogens with one attached hydrogen (secondary N) is 1. The molecule has 0 spiro atoms. The van der Waals surface area contributed by atoms with Crippen molar-refractivity contribution in [3.05, 3.63) is 35.4 Å². The Balaban J connectivity index is 1.98. The molecule has 0 aliphatic heterocycles. The Morgan fingerprint density at radius 2 is 2.05 bits per heavy atom. The zero-order chi connectivity index (χ0) is 14.6. The fourth-order valence-electron chi connectivity index (χ4n) is 2.80. The molecule has 0 radical (unpaired) electrons. The Morgan fingerprint density at radius 1 is 1.30 bits per heavy atom. The van der Waals surface area contributed by atoms with Crippen molar-refractivity contribution < 1.29 is 13.5 Å². The molecular formula is C16H23F2NO. The number of ether oxygens (including phenoxy) is 1. The number of methoxy groups -OCH3 is 1. The van der Waals surface area contributed by atoms with E-state index in [-0.39, 0.29) is 5.41 Å². The topological polar surface area (TPSA) is 21.3 Å². The van der Waals surface area contributed by atoms with Gasteiger partial charge in [0.1, 0.15) is 0 Å². The normalized spacial score (nSPS) is 18.0. The second kappa shape index (κ2) is 6.64. The summed E-state index contributed by atoms with van der Waals surface area (Å²) in [4.78, 5) is 0. The van der Waals surface area contributed by atoms with Crippen molar-refractivity contribution in [1.29, 1.82) is 0 Å². The van der Waals surface area contributed by atoms with Crippen LogP contribution in [0, 0.1) is 23.0 Å². The molecule has 1 atom stereocenters. The lowest BCUT2D eigenvalue weighted by Crippen LogP contribution is -2.37. The van der Waals surface area contributed by atoms with Crippen LogP contribution in [0.5, 0.6) is 0 Å². The minimum absolute atomic E-state index is 0.0952. The van der Waals surface area contributed by atoms with Crippen LogP contribution >= 0.6 is 0 Å². The molecule has 1 aromatic carbocycles. The Hall–Kier alpha value is -1.00. The van der Waals surface area contributed by atoms with Gasteiger partial charge in [-0.05, 0) is 48.3 Å². The van der Waals surface area contributed by atoms with Crippen LogP contribution in [0.25, 0.3) is 0 Å². The molecule has 1 unspecified atom stereocenters. The third-order valence-electron chi connectivity index (χ3n) is 4.17. The van der Waals surface area contributed by atoms with Crippen LogP contribution in [-0.2, 0) is 11.2 Å². The van der Waals surface area contributed by atoms with Crippen molar-refractivity contribution in [2.75, 3.05) is 26.8 Å². The van der Waals surface area contributed by atoms with Crippen molar-refractivity contribution in [3.63, 3.8) is 0 Å². The minimum atomic E-state index is -0.778. The van der Waals surface area contributed by atoms with Gasteiger partial charge in [-0.15, -0.1) is 0 Å². The molecular weight excluding hydrogens is 260 g/mol. The summed E-state index contributed by atoms with van der Waals surface area (Å²) in [6.45, 7) is 4.61. The fourth-order valence-corrected chi connectivity index (χ4v) is 2.80. The Labute approximate surface area is 119 Å². The predicted molar refractivity (Wildman–Crippen MR) is 75.6 cm³/mol. The number of halogens is 2. The van der Waals surface area contributed by atoms with E-state index in [1.165, 1.54) is 25.0 Å². The van der Waals surface area contributed by atoms with Gasteiger partial charge in [0.25, 0.3) is 0 Å². The maximum Gasteiger partial charge on any atom is 0.159 e. The summed E-state index contributed by atoms with van der Waals surface area (Å²) in [5.41, 5.74) is 0.963. The Morgan fingerprint density at radius 3 is 2.65 bits per heavy atom. The molecule has 0 bridgehead atoms. The average Bonchev–Trinajstić information content (AvgIpc) is 3.24. The first kappa shape index (κ1) is 15.4. The quantitative estimate of drug-likeness (QED) is 0.740. The lowest BCUT2D eigenvalue weighted by Gasteiger charge is -2.30. The van der Waals surface area contributed by atoms with E-state index in [1.54, 1.807) is 13.2 Å². The Bertz CT molecular complexity index is 448.